The number of amides is 1. The first-order chi connectivity index (χ1) is 11.2. The average molecular weight is 315 g/mol. The second kappa shape index (κ2) is 7.37. The summed E-state index contributed by atoms with van der Waals surface area (Å²) < 4.78 is 10.6. The van der Waals surface area contributed by atoms with Gasteiger partial charge < -0.3 is 14.2 Å². The van der Waals surface area contributed by atoms with Crippen LogP contribution in [0, 0.1) is 0 Å². The molecule has 0 N–H and O–H groups in total. The van der Waals surface area contributed by atoms with Crippen LogP contribution in [-0.2, 0) is 22.4 Å². The van der Waals surface area contributed by atoms with Crippen molar-refractivity contribution in [2.45, 2.75) is 32.2 Å². The highest BCUT2D eigenvalue weighted by Gasteiger charge is 2.23. The molecule has 1 atom stereocenters. The fourth-order valence-corrected chi connectivity index (χ4v) is 2.70. The molecule has 6 heteroatoms. The van der Waals surface area contributed by atoms with E-state index < -0.39 is 0 Å². The molecule has 1 amide bonds. The Hall–Kier alpha value is -2.21. The van der Waals surface area contributed by atoms with Crippen LogP contribution in [0.25, 0.3) is 0 Å². The van der Waals surface area contributed by atoms with Crippen molar-refractivity contribution in [2.75, 3.05) is 19.8 Å². The lowest BCUT2D eigenvalue weighted by atomic mass is 10.1. The molecule has 23 heavy (non-hydrogen) atoms. The molecule has 122 valence electrons. The fourth-order valence-electron chi connectivity index (χ4n) is 2.70. The van der Waals surface area contributed by atoms with Crippen LogP contribution in [0.5, 0.6) is 0 Å². The van der Waals surface area contributed by atoms with Crippen LogP contribution in [0.1, 0.15) is 30.6 Å². The minimum absolute atomic E-state index is 0.114. The standard InChI is InChI=1S/C17H21N3O3/c1-13-12-22-10-9-20(13)17(21)8-7-16-18-15(19-23-16)11-14-5-3-2-4-6-14/h2-6,13H,7-12H2,1H3/t13-/m0/s1. The number of nitrogens with zero attached hydrogens (tertiary/aromatic N) is 3. The molecule has 1 aliphatic rings. The number of benzene rings is 1. The molecule has 1 aromatic carbocycles. The molecule has 3 rings (SSSR count). The quantitative estimate of drug-likeness (QED) is 0.842. The van der Waals surface area contributed by atoms with E-state index in [1.54, 1.807) is 0 Å². The number of carbonyl (C=O) groups is 1. The Morgan fingerprint density at radius 1 is 1.35 bits per heavy atom. The summed E-state index contributed by atoms with van der Waals surface area (Å²) in [7, 11) is 0. The molecule has 2 heterocycles. The number of rotatable bonds is 5. The average Bonchev–Trinajstić information content (AvgIpc) is 3.01. The van der Waals surface area contributed by atoms with Crippen molar-refractivity contribution in [3.63, 3.8) is 0 Å². The van der Waals surface area contributed by atoms with Gasteiger partial charge in [0.15, 0.2) is 5.82 Å². The van der Waals surface area contributed by atoms with Gasteiger partial charge in [-0.25, -0.2) is 0 Å². The van der Waals surface area contributed by atoms with Crippen molar-refractivity contribution in [3.05, 3.63) is 47.6 Å². The van der Waals surface area contributed by atoms with E-state index in [9.17, 15) is 4.79 Å². The molecule has 2 aromatic rings. The summed E-state index contributed by atoms with van der Waals surface area (Å²) in [4.78, 5) is 18.5. The van der Waals surface area contributed by atoms with E-state index in [0.29, 0.717) is 50.7 Å². The third kappa shape index (κ3) is 4.16. The highest BCUT2D eigenvalue weighted by molar-refractivity contribution is 5.76. The van der Waals surface area contributed by atoms with Gasteiger partial charge in [-0.1, -0.05) is 35.5 Å². The highest BCUT2D eigenvalue weighted by atomic mass is 16.5. The summed E-state index contributed by atoms with van der Waals surface area (Å²) in [6, 6.07) is 10.1. The summed E-state index contributed by atoms with van der Waals surface area (Å²) in [6.07, 6.45) is 1.50. The van der Waals surface area contributed by atoms with Crippen molar-refractivity contribution in [1.82, 2.24) is 15.0 Å². The topological polar surface area (TPSA) is 68.5 Å². The minimum Gasteiger partial charge on any atom is -0.377 e. The van der Waals surface area contributed by atoms with Gasteiger partial charge in [0.25, 0.3) is 0 Å². The lowest BCUT2D eigenvalue weighted by molar-refractivity contribution is -0.139. The molecular formula is C17H21N3O3. The molecule has 0 aliphatic carbocycles. The molecule has 0 bridgehead atoms. The summed E-state index contributed by atoms with van der Waals surface area (Å²) in [6.45, 7) is 3.87. The zero-order chi connectivity index (χ0) is 16.1. The van der Waals surface area contributed by atoms with E-state index in [4.69, 9.17) is 9.26 Å². The largest absolute Gasteiger partial charge is 0.377 e. The van der Waals surface area contributed by atoms with Gasteiger partial charge in [0, 0.05) is 25.8 Å². The molecular weight excluding hydrogens is 294 g/mol. The van der Waals surface area contributed by atoms with Gasteiger partial charge in [-0.3, -0.25) is 4.79 Å². The Bertz CT molecular complexity index is 642. The van der Waals surface area contributed by atoms with Gasteiger partial charge in [0.05, 0.1) is 19.3 Å². The summed E-state index contributed by atoms with van der Waals surface area (Å²) >= 11 is 0. The molecule has 6 nitrogen and oxygen atoms in total. The predicted molar refractivity (Wildman–Crippen MR) is 83.9 cm³/mol. The molecule has 0 unspecified atom stereocenters. The first kappa shape index (κ1) is 15.7. The normalized spacial score (nSPS) is 18.1. The van der Waals surface area contributed by atoms with Crippen molar-refractivity contribution < 1.29 is 14.1 Å². The number of morpholine rings is 1. The number of hydrogen-bond donors (Lipinski definition) is 0. The smallest absolute Gasteiger partial charge is 0.227 e. The number of aryl methyl sites for hydroxylation is 1. The second-order valence-corrected chi connectivity index (χ2v) is 5.78. The summed E-state index contributed by atoms with van der Waals surface area (Å²) in [5, 5.41) is 3.99. The fraction of sp³-hybridized carbons (Fsp3) is 0.471. The molecule has 0 spiro atoms. The van der Waals surface area contributed by atoms with E-state index in [1.807, 2.05) is 42.2 Å². The van der Waals surface area contributed by atoms with Crippen molar-refractivity contribution in [2.24, 2.45) is 0 Å². The lowest BCUT2D eigenvalue weighted by Crippen LogP contribution is -2.47. The molecule has 0 saturated carbocycles. The van der Waals surface area contributed by atoms with E-state index in [-0.39, 0.29) is 11.9 Å². The molecule has 0 radical (unpaired) electrons. The van der Waals surface area contributed by atoms with Gasteiger partial charge in [-0.15, -0.1) is 0 Å². The van der Waals surface area contributed by atoms with E-state index in [0.717, 1.165) is 5.56 Å². The van der Waals surface area contributed by atoms with Gasteiger partial charge in [-0.2, -0.15) is 4.98 Å². The maximum absolute atomic E-state index is 12.3. The van der Waals surface area contributed by atoms with Crippen LogP contribution in [0.4, 0.5) is 0 Å². The minimum atomic E-state index is 0.114. The van der Waals surface area contributed by atoms with E-state index in [1.165, 1.54) is 0 Å². The summed E-state index contributed by atoms with van der Waals surface area (Å²) in [5.74, 6) is 1.28. The van der Waals surface area contributed by atoms with Crippen molar-refractivity contribution in [3.8, 4) is 0 Å². The zero-order valence-corrected chi connectivity index (χ0v) is 13.3. The maximum atomic E-state index is 12.3. The Balaban J connectivity index is 1.52. The van der Waals surface area contributed by atoms with Crippen LogP contribution in [0.15, 0.2) is 34.9 Å². The monoisotopic (exact) mass is 315 g/mol. The number of aromatic nitrogens is 2. The van der Waals surface area contributed by atoms with Crippen LogP contribution >= 0.6 is 0 Å². The van der Waals surface area contributed by atoms with Gasteiger partial charge in [0.2, 0.25) is 11.8 Å². The van der Waals surface area contributed by atoms with Crippen LogP contribution in [-0.4, -0.2) is 46.7 Å². The number of ether oxygens (including phenoxy) is 1. The van der Waals surface area contributed by atoms with E-state index in [2.05, 4.69) is 10.1 Å². The Kier molecular flexibility index (Phi) is 5.02. The van der Waals surface area contributed by atoms with Crippen LogP contribution in [0.3, 0.4) is 0 Å². The Labute approximate surface area is 135 Å². The lowest BCUT2D eigenvalue weighted by Gasteiger charge is -2.33. The van der Waals surface area contributed by atoms with Crippen LogP contribution in [0.2, 0.25) is 0 Å². The maximum Gasteiger partial charge on any atom is 0.227 e. The Morgan fingerprint density at radius 3 is 2.96 bits per heavy atom. The number of carbonyl (C=O) groups excluding carboxylic acids is 1. The number of hydrogen-bond acceptors (Lipinski definition) is 5. The highest BCUT2D eigenvalue weighted by Crippen LogP contribution is 2.11. The third-order valence-corrected chi connectivity index (χ3v) is 3.96. The predicted octanol–water partition coefficient (Wildman–Crippen LogP) is 1.84. The van der Waals surface area contributed by atoms with Crippen molar-refractivity contribution >= 4 is 5.91 Å². The van der Waals surface area contributed by atoms with Gasteiger partial charge in [0.1, 0.15) is 0 Å². The summed E-state index contributed by atoms with van der Waals surface area (Å²) in [5.41, 5.74) is 1.14. The third-order valence-electron chi connectivity index (χ3n) is 3.96. The van der Waals surface area contributed by atoms with Crippen molar-refractivity contribution in [1.29, 1.82) is 0 Å². The molecule has 1 aromatic heterocycles. The van der Waals surface area contributed by atoms with Crippen LogP contribution < -0.4 is 0 Å². The molecule has 1 saturated heterocycles. The SMILES string of the molecule is C[C@H]1COCCN1C(=O)CCc1nc(Cc2ccccc2)no1. The van der Waals surface area contributed by atoms with Gasteiger partial charge in [-0.05, 0) is 12.5 Å². The van der Waals surface area contributed by atoms with E-state index >= 15 is 0 Å². The second-order valence-electron chi connectivity index (χ2n) is 5.78. The molecule has 1 fully saturated rings. The Morgan fingerprint density at radius 2 is 2.17 bits per heavy atom. The first-order valence-corrected chi connectivity index (χ1v) is 7.95. The zero-order valence-electron chi connectivity index (χ0n) is 13.3. The first-order valence-electron chi connectivity index (χ1n) is 7.95. The van der Waals surface area contributed by atoms with Gasteiger partial charge >= 0.3 is 0 Å². The molecule has 1 aliphatic heterocycles.